The summed E-state index contributed by atoms with van der Waals surface area (Å²) < 4.78 is 0. The number of carbonyl (C=O) groups excluding carboxylic acids is 2. The number of anilines is 1. The maximum atomic E-state index is 12.7. The van der Waals surface area contributed by atoms with Crippen LogP contribution in [0.5, 0.6) is 0 Å². The Morgan fingerprint density at radius 3 is 3.00 bits per heavy atom. The summed E-state index contributed by atoms with van der Waals surface area (Å²) in [7, 11) is 0. The van der Waals surface area contributed by atoms with Gasteiger partial charge in [-0.05, 0) is 46.4 Å². The Morgan fingerprint density at radius 2 is 2.08 bits per heavy atom. The fourth-order valence-electron chi connectivity index (χ4n) is 4.14. The Labute approximate surface area is 141 Å². The van der Waals surface area contributed by atoms with Crippen LogP contribution in [0.3, 0.4) is 0 Å². The molecule has 1 unspecified atom stereocenters. The van der Waals surface area contributed by atoms with E-state index in [-0.39, 0.29) is 6.04 Å². The molecule has 5 heteroatoms. The lowest BCUT2D eigenvalue weighted by Gasteiger charge is -2.47. The summed E-state index contributed by atoms with van der Waals surface area (Å²) in [6.45, 7) is 0. The molecule has 4 nitrogen and oxygen atoms in total. The van der Waals surface area contributed by atoms with Crippen LogP contribution in [0.15, 0.2) is 69.2 Å². The molecule has 1 aromatic rings. The first-order valence-electron chi connectivity index (χ1n) is 7.79. The predicted octanol–water partition coefficient (Wildman–Crippen LogP) is 3.11. The van der Waals surface area contributed by atoms with Crippen molar-refractivity contribution in [1.29, 1.82) is 0 Å². The first kappa shape index (κ1) is 12.7. The second-order valence-electron chi connectivity index (χ2n) is 6.33. The third-order valence-electron chi connectivity index (χ3n) is 5.11. The molecule has 1 aliphatic carbocycles. The van der Waals surface area contributed by atoms with Gasteiger partial charge in [0.2, 0.25) is 11.6 Å². The van der Waals surface area contributed by atoms with E-state index < -0.39 is 11.6 Å². The number of thioether (sulfide) groups is 1. The van der Waals surface area contributed by atoms with Crippen LogP contribution in [0.2, 0.25) is 0 Å². The van der Waals surface area contributed by atoms with Crippen molar-refractivity contribution in [2.24, 2.45) is 4.99 Å². The van der Waals surface area contributed by atoms with Gasteiger partial charge >= 0.3 is 0 Å². The van der Waals surface area contributed by atoms with Gasteiger partial charge < -0.3 is 4.90 Å². The van der Waals surface area contributed by atoms with Crippen LogP contribution in [0.4, 0.5) is 11.4 Å². The fourth-order valence-corrected chi connectivity index (χ4v) is 5.02. The highest BCUT2D eigenvalue weighted by Gasteiger charge is 2.48. The lowest BCUT2D eigenvalue weighted by Crippen LogP contribution is -2.52. The van der Waals surface area contributed by atoms with Crippen molar-refractivity contribution in [3.8, 4) is 0 Å². The molecular formula is C19H10N2O2S. The molecule has 5 aliphatic rings. The lowest BCUT2D eigenvalue weighted by molar-refractivity contribution is -0.112. The van der Waals surface area contributed by atoms with Gasteiger partial charge in [0.15, 0.2) is 0 Å². The molecule has 0 fully saturated rings. The minimum atomic E-state index is -0.428. The smallest absolute Gasteiger partial charge is 0.249 e. The molecule has 1 atom stereocenters. The summed E-state index contributed by atoms with van der Waals surface area (Å²) in [6.07, 6.45) is 6.04. The van der Waals surface area contributed by atoms with Gasteiger partial charge in [-0.3, -0.25) is 9.59 Å². The molecule has 1 aromatic carbocycles. The molecule has 0 saturated heterocycles. The zero-order valence-electron chi connectivity index (χ0n) is 12.4. The zero-order chi connectivity index (χ0) is 16.0. The molecule has 0 N–H and O–H groups in total. The summed E-state index contributed by atoms with van der Waals surface area (Å²) in [5, 5.41) is 2.17. The van der Waals surface area contributed by atoms with E-state index in [4.69, 9.17) is 4.99 Å². The molecule has 0 aromatic heterocycles. The first-order chi connectivity index (χ1) is 11.7. The SMILES string of the molecule is O=C1C(=O)c2cccc3c2N2C1=CC1=C4C(=CSC1)C=CC(=N3)C42. The Morgan fingerprint density at radius 1 is 1.17 bits per heavy atom. The van der Waals surface area contributed by atoms with E-state index >= 15 is 0 Å². The van der Waals surface area contributed by atoms with Crippen LogP contribution in [0, 0.1) is 0 Å². The molecule has 4 heterocycles. The maximum absolute atomic E-state index is 12.7. The molecule has 6 rings (SSSR count). The second-order valence-corrected chi connectivity index (χ2v) is 7.18. The number of Topliss-reactive ketones (excluding diaryl/α,β-unsaturated/α-hetero) is 2. The molecular weight excluding hydrogens is 320 g/mol. The van der Waals surface area contributed by atoms with Crippen LogP contribution in [0.25, 0.3) is 0 Å². The summed E-state index contributed by atoms with van der Waals surface area (Å²) in [5.74, 6) is -0.0187. The summed E-state index contributed by atoms with van der Waals surface area (Å²) in [6, 6.07) is 5.33. The number of benzene rings is 1. The Balaban J connectivity index is 1.78. The van der Waals surface area contributed by atoms with E-state index in [9.17, 15) is 9.59 Å². The fraction of sp³-hybridized carbons (Fsp3) is 0.105. The highest BCUT2D eigenvalue weighted by Crippen LogP contribution is 2.50. The zero-order valence-corrected chi connectivity index (χ0v) is 13.3. The molecule has 4 aliphatic heterocycles. The Kier molecular flexibility index (Phi) is 2.15. The molecule has 24 heavy (non-hydrogen) atoms. The first-order valence-corrected chi connectivity index (χ1v) is 8.84. The number of ketones is 2. The number of carbonyl (C=O) groups is 2. The van der Waals surface area contributed by atoms with E-state index in [0.29, 0.717) is 11.3 Å². The second kappa shape index (κ2) is 4.05. The quantitative estimate of drug-likeness (QED) is 0.686. The molecule has 0 saturated carbocycles. The summed E-state index contributed by atoms with van der Waals surface area (Å²) >= 11 is 1.72. The van der Waals surface area contributed by atoms with Crippen LogP contribution >= 0.6 is 11.8 Å². The Bertz CT molecular complexity index is 1060. The maximum Gasteiger partial charge on any atom is 0.249 e. The van der Waals surface area contributed by atoms with Crippen LogP contribution < -0.4 is 4.90 Å². The third kappa shape index (κ3) is 1.31. The van der Waals surface area contributed by atoms with Gasteiger partial charge in [0.25, 0.3) is 0 Å². The van der Waals surface area contributed by atoms with Crippen molar-refractivity contribution in [3.63, 3.8) is 0 Å². The summed E-state index contributed by atoms with van der Waals surface area (Å²) in [5.41, 5.74) is 6.98. The normalized spacial score (nSPS) is 25.2. The average Bonchev–Trinajstić information content (AvgIpc) is 2.62. The van der Waals surface area contributed by atoms with E-state index in [1.807, 2.05) is 23.1 Å². The molecule has 114 valence electrons. The van der Waals surface area contributed by atoms with Crippen LogP contribution in [-0.2, 0) is 4.79 Å². The predicted molar refractivity (Wildman–Crippen MR) is 93.9 cm³/mol. The van der Waals surface area contributed by atoms with Gasteiger partial charge in [0.05, 0.1) is 28.3 Å². The highest BCUT2D eigenvalue weighted by molar-refractivity contribution is 8.02. The van der Waals surface area contributed by atoms with Crippen molar-refractivity contribution in [3.05, 3.63) is 69.8 Å². The van der Waals surface area contributed by atoms with Crippen LogP contribution in [-0.4, -0.2) is 29.1 Å². The monoisotopic (exact) mass is 330 g/mol. The topological polar surface area (TPSA) is 49.7 Å². The molecule has 0 spiro atoms. The minimum absolute atomic E-state index is 0.0946. The van der Waals surface area contributed by atoms with E-state index in [0.717, 1.165) is 28.4 Å². The average molecular weight is 330 g/mol. The molecule has 0 amide bonds. The van der Waals surface area contributed by atoms with Crippen molar-refractivity contribution in [1.82, 2.24) is 0 Å². The highest BCUT2D eigenvalue weighted by atomic mass is 32.2. The van der Waals surface area contributed by atoms with E-state index in [1.165, 1.54) is 11.1 Å². The largest absolute Gasteiger partial charge is 0.322 e. The number of hydrogen-bond donors (Lipinski definition) is 0. The standard InChI is InChI=1S/C19H10N2O2S/c22-18-11-2-1-3-12-16(11)21-14(19(18)23)6-10-8-24-7-9-4-5-13(20-12)17(21)15(9)10/h1-7,17H,8H2. The van der Waals surface area contributed by atoms with Crippen molar-refractivity contribution >= 4 is 40.4 Å². The number of rotatable bonds is 0. The number of para-hydroxylation sites is 1. The van der Waals surface area contributed by atoms with Crippen molar-refractivity contribution in [2.45, 2.75) is 6.04 Å². The molecule has 0 radical (unpaired) electrons. The third-order valence-corrected chi connectivity index (χ3v) is 6.01. The number of allylic oxidation sites excluding steroid dienone is 3. The van der Waals surface area contributed by atoms with Gasteiger partial charge in [0, 0.05) is 5.75 Å². The van der Waals surface area contributed by atoms with Crippen LogP contribution in [0.1, 0.15) is 10.4 Å². The molecule has 0 bridgehead atoms. The van der Waals surface area contributed by atoms with E-state index in [1.54, 1.807) is 23.9 Å². The van der Waals surface area contributed by atoms with Gasteiger partial charge in [-0.15, -0.1) is 11.8 Å². The van der Waals surface area contributed by atoms with Gasteiger partial charge in [0.1, 0.15) is 6.04 Å². The van der Waals surface area contributed by atoms with Gasteiger partial charge in [-0.1, -0.05) is 12.1 Å². The van der Waals surface area contributed by atoms with Gasteiger partial charge in [-0.2, -0.15) is 0 Å². The van der Waals surface area contributed by atoms with Gasteiger partial charge in [-0.25, -0.2) is 4.99 Å². The van der Waals surface area contributed by atoms with Crippen molar-refractivity contribution in [2.75, 3.05) is 10.7 Å². The van der Waals surface area contributed by atoms with Crippen molar-refractivity contribution < 1.29 is 9.59 Å². The van der Waals surface area contributed by atoms with E-state index in [2.05, 4.69) is 11.5 Å². The number of nitrogens with zero attached hydrogens (tertiary/aromatic N) is 2. The Hall–Kier alpha value is -2.66. The lowest BCUT2D eigenvalue weighted by atomic mass is 9.78. The number of hydrogen-bond acceptors (Lipinski definition) is 5. The number of aliphatic imine (C=N–C) groups is 1. The minimum Gasteiger partial charge on any atom is -0.322 e. The summed E-state index contributed by atoms with van der Waals surface area (Å²) in [4.78, 5) is 32.1.